The fraction of sp³-hybridized carbons (Fsp3) is 0.364. The Morgan fingerprint density at radius 1 is 1.11 bits per heavy atom. The summed E-state index contributed by atoms with van der Waals surface area (Å²) in [5.41, 5.74) is -0.0636. The van der Waals surface area contributed by atoms with Crippen LogP contribution in [0.4, 0.5) is 0 Å². The number of esters is 1. The van der Waals surface area contributed by atoms with Crippen LogP contribution >= 0.6 is 11.6 Å². The van der Waals surface area contributed by atoms with E-state index in [-0.39, 0.29) is 11.9 Å². The van der Waals surface area contributed by atoms with Crippen LogP contribution in [0.3, 0.4) is 0 Å². The molecule has 0 N–H and O–H groups in total. The number of rotatable bonds is 3. The van der Waals surface area contributed by atoms with Gasteiger partial charge < -0.3 is 14.4 Å². The fourth-order valence-electron chi connectivity index (χ4n) is 4.01. The molecule has 2 aromatic carbocycles. The summed E-state index contributed by atoms with van der Waals surface area (Å²) in [4.78, 5) is 27.1. The maximum Gasteiger partial charge on any atom is 0.339 e. The molecule has 2 aliphatic heterocycles. The molecule has 2 aromatic rings. The Hall–Kier alpha value is -2.53. The normalized spacial score (nSPS) is 18.0. The SMILES string of the molecule is CC(C)(Oc1ccc(Cl)cc1)C(=O)N1CCC2(CC1)OC(=O)c1ccccc12. The lowest BCUT2D eigenvalue weighted by Gasteiger charge is -2.41. The minimum atomic E-state index is -1.01. The first-order valence-corrected chi connectivity index (χ1v) is 9.75. The molecule has 0 aromatic heterocycles. The second kappa shape index (κ2) is 6.82. The Morgan fingerprint density at radius 2 is 1.75 bits per heavy atom. The Kier molecular flexibility index (Phi) is 4.58. The summed E-state index contributed by atoms with van der Waals surface area (Å²) in [5.74, 6) is 0.228. The molecular formula is C22H22ClNO4. The molecule has 0 aliphatic carbocycles. The van der Waals surface area contributed by atoms with Crippen LogP contribution in [0.5, 0.6) is 5.75 Å². The highest BCUT2D eigenvalue weighted by Crippen LogP contribution is 2.44. The number of benzene rings is 2. The predicted molar refractivity (Wildman–Crippen MR) is 106 cm³/mol. The molecule has 28 heavy (non-hydrogen) atoms. The van der Waals surface area contributed by atoms with Gasteiger partial charge in [-0.1, -0.05) is 29.8 Å². The van der Waals surface area contributed by atoms with Crippen molar-refractivity contribution in [3.8, 4) is 5.75 Å². The minimum Gasteiger partial charge on any atom is -0.478 e. The monoisotopic (exact) mass is 399 g/mol. The molecule has 6 heteroatoms. The number of ether oxygens (including phenoxy) is 2. The quantitative estimate of drug-likeness (QED) is 0.726. The van der Waals surface area contributed by atoms with E-state index in [0.717, 1.165) is 5.56 Å². The van der Waals surface area contributed by atoms with Crippen molar-refractivity contribution in [1.29, 1.82) is 0 Å². The van der Waals surface area contributed by atoms with E-state index >= 15 is 0 Å². The molecule has 5 nitrogen and oxygen atoms in total. The average molecular weight is 400 g/mol. The zero-order chi connectivity index (χ0) is 19.9. The number of halogens is 1. The third-order valence-electron chi connectivity index (χ3n) is 5.49. The number of carbonyl (C=O) groups is 2. The minimum absolute atomic E-state index is 0.0880. The summed E-state index contributed by atoms with van der Waals surface area (Å²) in [7, 11) is 0. The number of hydrogen-bond acceptors (Lipinski definition) is 4. The van der Waals surface area contributed by atoms with Gasteiger partial charge in [0, 0.05) is 36.5 Å². The van der Waals surface area contributed by atoms with Crippen molar-refractivity contribution < 1.29 is 19.1 Å². The van der Waals surface area contributed by atoms with Crippen molar-refractivity contribution in [2.24, 2.45) is 0 Å². The van der Waals surface area contributed by atoms with E-state index in [1.165, 1.54) is 0 Å². The fourth-order valence-corrected chi connectivity index (χ4v) is 4.14. The van der Waals surface area contributed by atoms with E-state index in [4.69, 9.17) is 21.1 Å². The van der Waals surface area contributed by atoms with Gasteiger partial charge in [0.2, 0.25) is 0 Å². The van der Waals surface area contributed by atoms with Gasteiger partial charge in [-0.2, -0.15) is 0 Å². The van der Waals surface area contributed by atoms with Crippen molar-refractivity contribution in [2.75, 3.05) is 13.1 Å². The Bertz CT molecular complexity index is 914. The lowest BCUT2D eigenvalue weighted by Crippen LogP contribution is -2.53. The van der Waals surface area contributed by atoms with E-state index in [9.17, 15) is 9.59 Å². The van der Waals surface area contributed by atoms with Crippen LogP contribution in [0.1, 0.15) is 42.6 Å². The predicted octanol–water partition coefficient (Wildman–Crippen LogP) is 4.19. The zero-order valence-electron chi connectivity index (χ0n) is 15.9. The second-order valence-electron chi connectivity index (χ2n) is 7.79. The number of amides is 1. The largest absolute Gasteiger partial charge is 0.478 e. The number of piperidine rings is 1. The Labute approximate surface area is 169 Å². The van der Waals surface area contributed by atoms with Gasteiger partial charge in [0.15, 0.2) is 5.60 Å². The van der Waals surface area contributed by atoms with Crippen molar-refractivity contribution in [1.82, 2.24) is 4.90 Å². The summed E-state index contributed by atoms with van der Waals surface area (Å²) in [6, 6.07) is 14.5. The van der Waals surface area contributed by atoms with E-state index in [0.29, 0.717) is 42.3 Å². The molecule has 2 heterocycles. The molecule has 0 atom stereocenters. The van der Waals surface area contributed by atoms with Crippen molar-refractivity contribution >= 4 is 23.5 Å². The number of nitrogens with zero attached hydrogens (tertiary/aromatic N) is 1. The maximum absolute atomic E-state index is 13.1. The number of likely N-dealkylation sites (tertiary alicyclic amines) is 1. The van der Waals surface area contributed by atoms with E-state index in [1.807, 2.05) is 18.2 Å². The van der Waals surface area contributed by atoms with E-state index in [1.54, 1.807) is 49.1 Å². The summed E-state index contributed by atoms with van der Waals surface area (Å²) in [5, 5.41) is 0.615. The molecule has 146 valence electrons. The van der Waals surface area contributed by atoms with Crippen molar-refractivity contribution in [3.63, 3.8) is 0 Å². The lowest BCUT2D eigenvalue weighted by molar-refractivity contribution is -0.149. The van der Waals surface area contributed by atoms with Gasteiger partial charge in [-0.3, -0.25) is 4.79 Å². The summed E-state index contributed by atoms with van der Waals surface area (Å²) < 4.78 is 11.7. The molecule has 0 saturated carbocycles. The maximum atomic E-state index is 13.1. The molecule has 0 radical (unpaired) electrons. The lowest BCUT2D eigenvalue weighted by atomic mass is 9.83. The highest BCUT2D eigenvalue weighted by molar-refractivity contribution is 6.30. The number of carbonyl (C=O) groups excluding carboxylic acids is 2. The van der Waals surface area contributed by atoms with Gasteiger partial charge in [0.05, 0.1) is 5.56 Å². The van der Waals surface area contributed by atoms with Crippen LogP contribution in [-0.4, -0.2) is 35.5 Å². The summed E-state index contributed by atoms with van der Waals surface area (Å²) in [6.45, 7) is 4.54. The van der Waals surface area contributed by atoms with Crippen LogP contribution in [-0.2, 0) is 15.1 Å². The molecule has 2 aliphatic rings. The highest BCUT2D eigenvalue weighted by atomic mass is 35.5. The Morgan fingerprint density at radius 3 is 2.43 bits per heavy atom. The van der Waals surface area contributed by atoms with Crippen molar-refractivity contribution in [3.05, 3.63) is 64.7 Å². The average Bonchev–Trinajstić information content (AvgIpc) is 2.96. The van der Waals surface area contributed by atoms with Gasteiger partial charge in [-0.05, 0) is 44.2 Å². The first kappa shape index (κ1) is 18.8. The third-order valence-corrected chi connectivity index (χ3v) is 5.74. The van der Waals surface area contributed by atoms with Crippen LogP contribution < -0.4 is 4.74 Å². The van der Waals surface area contributed by atoms with Crippen LogP contribution in [0.25, 0.3) is 0 Å². The zero-order valence-corrected chi connectivity index (χ0v) is 16.7. The molecule has 0 bridgehead atoms. The molecule has 1 amide bonds. The topological polar surface area (TPSA) is 55.8 Å². The van der Waals surface area contributed by atoms with Crippen LogP contribution in [0.2, 0.25) is 5.02 Å². The molecule has 1 fully saturated rings. The molecular weight excluding hydrogens is 378 g/mol. The van der Waals surface area contributed by atoms with E-state index in [2.05, 4.69) is 0 Å². The van der Waals surface area contributed by atoms with E-state index < -0.39 is 11.2 Å². The van der Waals surface area contributed by atoms with Gasteiger partial charge in [0.25, 0.3) is 5.91 Å². The van der Waals surface area contributed by atoms with Gasteiger partial charge in [-0.25, -0.2) is 4.79 Å². The first-order valence-electron chi connectivity index (χ1n) is 9.38. The van der Waals surface area contributed by atoms with Gasteiger partial charge in [-0.15, -0.1) is 0 Å². The first-order chi connectivity index (χ1) is 13.3. The summed E-state index contributed by atoms with van der Waals surface area (Å²) in [6.07, 6.45) is 1.16. The van der Waals surface area contributed by atoms with Crippen LogP contribution in [0.15, 0.2) is 48.5 Å². The summed E-state index contributed by atoms with van der Waals surface area (Å²) >= 11 is 5.91. The smallest absolute Gasteiger partial charge is 0.339 e. The Balaban J connectivity index is 1.45. The molecule has 4 rings (SSSR count). The molecule has 0 unspecified atom stereocenters. The molecule has 1 saturated heterocycles. The standard InChI is InChI=1S/C22H22ClNO4/c1-21(2,27-16-9-7-15(23)8-10-16)20(26)24-13-11-22(12-14-24)18-6-4-3-5-17(18)19(25)28-22/h3-10H,11-14H2,1-2H3. The van der Waals surface area contributed by atoms with Gasteiger partial charge >= 0.3 is 5.97 Å². The highest BCUT2D eigenvalue weighted by Gasteiger charge is 2.48. The third kappa shape index (κ3) is 3.24. The molecule has 1 spiro atoms. The second-order valence-corrected chi connectivity index (χ2v) is 8.22. The number of hydrogen-bond donors (Lipinski definition) is 0. The van der Waals surface area contributed by atoms with Gasteiger partial charge in [0.1, 0.15) is 11.4 Å². The van der Waals surface area contributed by atoms with Crippen molar-refractivity contribution in [2.45, 2.75) is 37.9 Å². The number of fused-ring (bicyclic) bond motifs is 2. The van der Waals surface area contributed by atoms with Crippen LogP contribution in [0, 0.1) is 0 Å².